The van der Waals surface area contributed by atoms with Crippen molar-refractivity contribution in [2.24, 2.45) is 0 Å². The lowest BCUT2D eigenvalue weighted by molar-refractivity contribution is -0.0524. The number of fused-ring (bicyclic) bond motifs is 1. The molecule has 0 bridgehead atoms. The average molecular weight is 314 g/mol. The lowest BCUT2D eigenvalue weighted by Crippen LogP contribution is -2.35. The minimum Gasteiger partial charge on any atom is -0.394 e. The largest absolute Gasteiger partial charge is 0.394 e. The Hall–Kier alpha value is -2.41. The van der Waals surface area contributed by atoms with Gasteiger partial charge >= 0.3 is 5.69 Å². The van der Waals surface area contributed by atoms with Crippen LogP contribution < -0.4 is 22.8 Å². The van der Waals surface area contributed by atoms with E-state index in [-0.39, 0.29) is 17.1 Å². The number of rotatable bonds is 2. The molecule has 1 saturated heterocycles. The van der Waals surface area contributed by atoms with Gasteiger partial charge in [0.1, 0.15) is 18.3 Å². The van der Waals surface area contributed by atoms with Gasteiger partial charge in [0.05, 0.1) is 6.61 Å². The lowest BCUT2D eigenvalue weighted by Gasteiger charge is -2.15. The van der Waals surface area contributed by atoms with Crippen LogP contribution in [0.5, 0.6) is 0 Å². The van der Waals surface area contributed by atoms with Crippen molar-refractivity contribution in [3.8, 4) is 0 Å². The second-order valence-corrected chi connectivity index (χ2v) is 4.87. The molecule has 3 rings (SSSR count). The number of ether oxygens (including phenoxy) is 1. The highest BCUT2D eigenvalue weighted by Gasteiger charge is 2.44. The van der Waals surface area contributed by atoms with E-state index in [2.05, 4.69) is 9.97 Å². The fourth-order valence-electron chi connectivity index (χ4n) is 2.41. The molecule has 1 aliphatic heterocycles. The summed E-state index contributed by atoms with van der Waals surface area (Å²) in [5, 5.41) is 28.8. The fourth-order valence-corrected chi connectivity index (χ4v) is 2.41. The Bertz CT molecular complexity index is 839. The van der Waals surface area contributed by atoms with Crippen LogP contribution in [0.25, 0.3) is 11.2 Å². The first-order chi connectivity index (χ1) is 10.4. The molecule has 0 unspecified atom stereocenters. The minimum atomic E-state index is -1.50. The van der Waals surface area contributed by atoms with Crippen molar-refractivity contribution in [2.75, 3.05) is 18.2 Å². The van der Waals surface area contributed by atoms with Crippen molar-refractivity contribution in [1.82, 2.24) is 19.2 Å². The molecule has 2 aromatic rings. The molecule has 22 heavy (non-hydrogen) atoms. The van der Waals surface area contributed by atoms with Crippen LogP contribution >= 0.6 is 0 Å². The van der Waals surface area contributed by atoms with E-state index >= 15 is 0 Å². The van der Waals surface area contributed by atoms with Gasteiger partial charge in [0.2, 0.25) is 5.95 Å². The van der Waals surface area contributed by atoms with Gasteiger partial charge in [-0.15, -0.1) is 0 Å². The molecule has 8 N–H and O–H groups in total. The number of anilines is 1. The van der Waals surface area contributed by atoms with Crippen LogP contribution in [-0.4, -0.2) is 59.4 Å². The SMILES string of the molecule is Nc1nc2c([nH]c(=O)n2[C@@H]2O[C@H](CO)[C@H](O)[C@H]2O)c(=O)n1N. The highest BCUT2D eigenvalue weighted by atomic mass is 16.6. The first-order valence-corrected chi connectivity index (χ1v) is 6.27. The van der Waals surface area contributed by atoms with Crippen molar-refractivity contribution in [1.29, 1.82) is 0 Å². The quantitative estimate of drug-likeness (QED) is 0.298. The summed E-state index contributed by atoms with van der Waals surface area (Å²) in [5.74, 6) is 5.04. The van der Waals surface area contributed by atoms with Crippen LogP contribution in [0.3, 0.4) is 0 Å². The molecule has 1 aliphatic rings. The van der Waals surface area contributed by atoms with Gasteiger partial charge in [0.25, 0.3) is 5.56 Å². The molecule has 0 spiro atoms. The maximum atomic E-state index is 12.1. The summed E-state index contributed by atoms with van der Waals surface area (Å²) in [5.41, 5.74) is 3.49. The van der Waals surface area contributed by atoms with Crippen molar-refractivity contribution in [3.63, 3.8) is 0 Å². The number of imidazole rings is 1. The van der Waals surface area contributed by atoms with Crippen LogP contribution in [0.4, 0.5) is 5.95 Å². The van der Waals surface area contributed by atoms with Crippen LogP contribution in [0, 0.1) is 0 Å². The molecule has 0 saturated carbocycles. The van der Waals surface area contributed by atoms with Gasteiger partial charge in [-0.3, -0.25) is 9.78 Å². The number of hydrogen-bond donors (Lipinski definition) is 6. The molecule has 12 heteroatoms. The van der Waals surface area contributed by atoms with Crippen LogP contribution in [0.15, 0.2) is 9.59 Å². The summed E-state index contributed by atoms with van der Waals surface area (Å²) < 4.78 is 6.65. The van der Waals surface area contributed by atoms with Crippen molar-refractivity contribution < 1.29 is 20.1 Å². The Morgan fingerprint density at radius 2 is 2.00 bits per heavy atom. The van der Waals surface area contributed by atoms with Gasteiger partial charge in [-0.1, -0.05) is 0 Å². The zero-order valence-corrected chi connectivity index (χ0v) is 11.1. The topological polar surface area (TPSA) is 195 Å². The van der Waals surface area contributed by atoms with Gasteiger partial charge < -0.3 is 31.6 Å². The fraction of sp³-hybridized carbons (Fsp3) is 0.500. The number of H-pyrrole nitrogens is 1. The Balaban J connectivity index is 2.22. The van der Waals surface area contributed by atoms with E-state index in [0.29, 0.717) is 4.68 Å². The van der Waals surface area contributed by atoms with E-state index in [1.165, 1.54) is 0 Å². The number of nitrogen functional groups attached to an aromatic ring is 2. The number of aromatic amines is 1. The van der Waals surface area contributed by atoms with Gasteiger partial charge in [-0.25, -0.2) is 9.36 Å². The van der Waals surface area contributed by atoms with E-state index < -0.39 is 42.4 Å². The molecular formula is C10H14N6O6. The van der Waals surface area contributed by atoms with E-state index in [4.69, 9.17) is 21.4 Å². The maximum Gasteiger partial charge on any atom is 0.330 e. The summed E-state index contributed by atoms with van der Waals surface area (Å²) in [6.07, 6.45) is -5.33. The highest BCUT2D eigenvalue weighted by Crippen LogP contribution is 2.29. The molecule has 0 amide bonds. The van der Waals surface area contributed by atoms with Crippen molar-refractivity contribution >= 4 is 17.1 Å². The predicted molar refractivity (Wildman–Crippen MR) is 72.2 cm³/mol. The normalized spacial score (nSPS) is 28.5. The number of nitrogens with two attached hydrogens (primary N) is 2. The third-order valence-electron chi connectivity index (χ3n) is 3.57. The van der Waals surface area contributed by atoms with E-state index in [1.807, 2.05) is 0 Å². The second-order valence-electron chi connectivity index (χ2n) is 4.87. The number of hydrogen-bond acceptors (Lipinski definition) is 9. The third-order valence-corrected chi connectivity index (χ3v) is 3.57. The molecule has 12 nitrogen and oxygen atoms in total. The molecular weight excluding hydrogens is 300 g/mol. The van der Waals surface area contributed by atoms with Crippen molar-refractivity contribution in [2.45, 2.75) is 24.5 Å². The zero-order chi connectivity index (χ0) is 16.2. The first kappa shape index (κ1) is 14.5. The Kier molecular flexibility index (Phi) is 3.17. The molecule has 2 aromatic heterocycles. The Morgan fingerprint density at radius 1 is 1.32 bits per heavy atom. The van der Waals surface area contributed by atoms with Gasteiger partial charge in [0, 0.05) is 0 Å². The zero-order valence-electron chi connectivity index (χ0n) is 11.1. The molecule has 3 heterocycles. The average Bonchev–Trinajstić information content (AvgIpc) is 2.95. The predicted octanol–water partition coefficient (Wildman–Crippen LogP) is -4.21. The molecule has 0 aliphatic carbocycles. The number of aliphatic hydroxyl groups is 3. The molecule has 1 fully saturated rings. The van der Waals surface area contributed by atoms with Crippen LogP contribution in [0.1, 0.15) is 6.23 Å². The molecule has 0 aromatic carbocycles. The maximum absolute atomic E-state index is 12.1. The first-order valence-electron chi connectivity index (χ1n) is 6.27. The monoisotopic (exact) mass is 314 g/mol. The van der Waals surface area contributed by atoms with Gasteiger partial charge in [0.15, 0.2) is 17.4 Å². The van der Waals surface area contributed by atoms with E-state index in [9.17, 15) is 19.8 Å². The number of nitrogens with zero attached hydrogens (tertiary/aromatic N) is 3. The minimum absolute atomic E-state index is 0.177. The van der Waals surface area contributed by atoms with Crippen LogP contribution in [-0.2, 0) is 4.74 Å². The summed E-state index contributed by atoms with van der Waals surface area (Å²) in [4.78, 5) is 30.1. The number of aliphatic hydroxyl groups excluding tert-OH is 3. The van der Waals surface area contributed by atoms with Crippen LogP contribution in [0.2, 0.25) is 0 Å². The third kappa shape index (κ3) is 1.82. The summed E-state index contributed by atoms with van der Waals surface area (Å²) in [7, 11) is 0. The number of nitrogens with one attached hydrogen (secondary N) is 1. The molecule has 0 radical (unpaired) electrons. The second kappa shape index (κ2) is 4.81. The standard InChI is InChI=1S/C10H14N6O6/c11-9-14-6-3(7(20)16(9)12)13-10(21)15(6)8-5(19)4(18)2(1-17)22-8/h2,4-5,8,17-19H,1,12H2,(H2,11,14)(H,13,21)/t2-,4+,5-,8-/m1/s1. The molecule has 4 atom stereocenters. The molecule has 120 valence electrons. The lowest BCUT2D eigenvalue weighted by atomic mass is 10.1. The Labute approximate surface area is 121 Å². The summed E-state index contributed by atoms with van der Waals surface area (Å²) >= 11 is 0. The van der Waals surface area contributed by atoms with E-state index in [1.54, 1.807) is 0 Å². The Morgan fingerprint density at radius 3 is 2.59 bits per heavy atom. The summed E-state index contributed by atoms with van der Waals surface area (Å²) in [6.45, 7) is -0.559. The smallest absolute Gasteiger partial charge is 0.330 e. The highest BCUT2D eigenvalue weighted by molar-refractivity contribution is 5.71. The van der Waals surface area contributed by atoms with Gasteiger partial charge in [-0.05, 0) is 0 Å². The van der Waals surface area contributed by atoms with Gasteiger partial charge in [-0.2, -0.15) is 9.66 Å². The van der Waals surface area contributed by atoms with E-state index in [0.717, 1.165) is 4.57 Å². The summed E-state index contributed by atoms with van der Waals surface area (Å²) in [6, 6.07) is 0. The van der Waals surface area contributed by atoms with Crippen molar-refractivity contribution in [3.05, 3.63) is 20.8 Å². The number of aromatic nitrogens is 4.